The minimum absolute atomic E-state index is 0.0180. The van der Waals surface area contributed by atoms with Gasteiger partial charge in [-0.1, -0.05) is 66.7 Å². The van der Waals surface area contributed by atoms with Crippen molar-refractivity contribution in [1.82, 2.24) is 10.2 Å². The standard InChI is InChI=1S/C27H26N2O4/c30-26(19-9-2-1-3-10-19)28-20-11-8-16-29(17-20)27(31)33-32-18-25-23-14-6-4-12-21(23)22-13-5-7-15-24(22)25/h1-7,9-10,12-15,20,25H,8,11,16-18H2,(H,28,30). The van der Waals surface area contributed by atoms with Gasteiger partial charge in [0.05, 0.1) is 0 Å². The van der Waals surface area contributed by atoms with Crippen LogP contribution >= 0.6 is 0 Å². The number of piperidine rings is 1. The molecule has 3 aromatic carbocycles. The smallest absolute Gasteiger partial charge is 0.348 e. The van der Waals surface area contributed by atoms with Gasteiger partial charge in [-0.2, -0.15) is 4.89 Å². The first-order valence-corrected chi connectivity index (χ1v) is 11.3. The number of rotatable bonds is 5. The minimum Gasteiger partial charge on any atom is -0.348 e. The van der Waals surface area contributed by atoms with Crippen molar-refractivity contribution < 1.29 is 19.4 Å². The van der Waals surface area contributed by atoms with Crippen LogP contribution in [0.25, 0.3) is 11.1 Å². The molecule has 5 rings (SSSR count). The van der Waals surface area contributed by atoms with Gasteiger partial charge < -0.3 is 10.2 Å². The van der Waals surface area contributed by atoms with Gasteiger partial charge in [0, 0.05) is 30.6 Å². The van der Waals surface area contributed by atoms with Crippen LogP contribution < -0.4 is 5.32 Å². The quantitative estimate of drug-likeness (QED) is 0.457. The van der Waals surface area contributed by atoms with E-state index in [-0.39, 0.29) is 24.5 Å². The van der Waals surface area contributed by atoms with E-state index in [0.29, 0.717) is 18.7 Å². The van der Waals surface area contributed by atoms with Gasteiger partial charge in [0.15, 0.2) is 0 Å². The Labute approximate surface area is 193 Å². The number of benzene rings is 3. The van der Waals surface area contributed by atoms with E-state index < -0.39 is 6.09 Å². The van der Waals surface area contributed by atoms with Crippen molar-refractivity contribution in [1.29, 1.82) is 0 Å². The Hall–Kier alpha value is -3.64. The molecule has 0 spiro atoms. The van der Waals surface area contributed by atoms with Gasteiger partial charge in [0.25, 0.3) is 5.91 Å². The largest absolute Gasteiger partial charge is 0.441 e. The summed E-state index contributed by atoms with van der Waals surface area (Å²) < 4.78 is 0. The zero-order valence-corrected chi connectivity index (χ0v) is 18.3. The molecule has 0 bridgehead atoms. The average molecular weight is 443 g/mol. The van der Waals surface area contributed by atoms with Gasteiger partial charge in [-0.25, -0.2) is 4.79 Å². The number of carbonyl (C=O) groups excluding carboxylic acids is 2. The number of nitrogens with one attached hydrogen (secondary N) is 1. The van der Waals surface area contributed by atoms with Crippen LogP contribution in [0.4, 0.5) is 4.79 Å². The predicted molar refractivity (Wildman–Crippen MR) is 125 cm³/mol. The Bertz CT molecular complexity index is 1100. The molecule has 1 heterocycles. The predicted octanol–water partition coefficient (Wildman–Crippen LogP) is 4.76. The molecule has 1 atom stereocenters. The Kier molecular flexibility index (Phi) is 6.09. The van der Waals surface area contributed by atoms with Crippen molar-refractivity contribution in [3.05, 3.63) is 95.6 Å². The van der Waals surface area contributed by atoms with E-state index in [2.05, 4.69) is 29.6 Å². The normalized spacial score (nSPS) is 17.2. The molecule has 1 unspecified atom stereocenters. The molecular formula is C27H26N2O4. The van der Waals surface area contributed by atoms with E-state index in [1.54, 1.807) is 17.0 Å². The van der Waals surface area contributed by atoms with Gasteiger partial charge in [0.2, 0.25) is 0 Å². The first-order valence-electron chi connectivity index (χ1n) is 11.3. The fourth-order valence-corrected chi connectivity index (χ4v) is 4.76. The SMILES string of the molecule is O=C(NC1CCCN(C(=O)OOCC2c3ccccc3-c3ccccc32)C1)c1ccccc1. The third kappa shape index (κ3) is 4.47. The maximum absolute atomic E-state index is 12.6. The number of hydrogen-bond acceptors (Lipinski definition) is 4. The van der Waals surface area contributed by atoms with Crippen LogP contribution in [0.15, 0.2) is 78.9 Å². The first-order chi connectivity index (χ1) is 16.2. The summed E-state index contributed by atoms with van der Waals surface area (Å²) in [5.74, 6) is -0.116. The molecule has 1 fully saturated rings. The molecule has 2 aliphatic rings. The summed E-state index contributed by atoms with van der Waals surface area (Å²) >= 11 is 0. The second-order valence-electron chi connectivity index (χ2n) is 8.49. The second kappa shape index (κ2) is 9.46. The molecule has 1 aliphatic heterocycles. The van der Waals surface area contributed by atoms with Gasteiger partial charge in [0.1, 0.15) is 6.61 Å². The van der Waals surface area contributed by atoms with E-state index >= 15 is 0 Å². The lowest BCUT2D eigenvalue weighted by atomic mass is 9.98. The highest BCUT2D eigenvalue weighted by molar-refractivity contribution is 5.94. The Morgan fingerprint density at radius 3 is 2.21 bits per heavy atom. The first kappa shape index (κ1) is 21.2. The molecular weight excluding hydrogens is 416 g/mol. The Balaban J connectivity index is 1.16. The molecule has 2 amide bonds. The van der Waals surface area contributed by atoms with E-state index in [0.717, 1.165) is 12.8 Å². The summed E-state index contributed by atoms with van der Waals surface area (Å²) in [5, 5.41) is 3.01. The molecule has 1 saturated heterocycles. The summed E-state index contributed by atoms with van der Waals surface area (Å²) in [6, 6.07) is 25.5. The molecule has 0 saturated carbocycles. The number of fused-ring (bicyclic) bond motifs is 3. The molecule has 1 aliphatic carbocycles. The number of carbonyl (C=O) groups is 2. The highest BCUT2D eigenvalue weighted by Crippen LogP contribution is 2.44. The third-order valence-corrected chi connectivity index (χ3v) is 6.38. The topological polar surface area (TPSA) is 67.9 Å². The summed E-state index contributed by atoms with van der Waals surface area (Å²) in [7, 11) is 0. The summed E-state index contributed by atoms with van der Waals surface area (Å²) in [4.78, 5) is 37.3. The lowest BCUT2D eigenvalue weighted by Gasteiger charge is -2.32. The van der Waals surface area contributed by atoms with Crippen LogP contribution in [0.1, 0.15) is 40.2 Å². The van der Waals surface area contributed by atoms with Crippen molar-refractivity contribution in [2.45, 2.75) is 24.8 Å². The average Bonchev–Trinajstić information content (AvgIpc) is 3.18. The van der Waals surface area contributed by atoms with Gasteiger partial charge in [-0.05, 0) is 47.2 Å². The molecule has 0 aromatic heterocycles. The molecule has 6 nitrogen and oxygen atoms in total. The van der Waals surface area contributed by atoms with Crippen molar-refractivity contribution in [2.24, 2.45) is 0 Å². The van der Waals surface area contributed by atoms with Gasteiger partial charge in [-0.3, -0.25) is 9.68 Å². The van der Waals surface area contributed by atoms with Crippen molar-refractivity contribution in [2.75, 3.05) is 19.7 Å². The molecule has 33 heavy (non-hydrogen) atoms. The fraction of sp³-hybridized carbons (Fsp3) is 0.259. The summed E-state index contributed by atoms with van der Waals surface area (Å²) in [5.41, 5.74) is 5.35. The summed E-state index contributed by atoms with van der Waals surface area (Å²) in [6.45, 7) is 1.23. The molecule has 168 valence electrons. The van der Waals surface area contributed by atoms with E-state index in [1.165, 1.54) is 22.3 Å². The van der Waals surface area contributed by atoms with Crippen LogP contribution in [0, 0.1) is 0 Å². The molecule has 1 N–H and O–H groups in total. The van der Waals surface area contributed by atoms with Gasteiger partial charge >= 0.3 is 6.09 Å². The molecule has 0 radical (unpaired) electrons. The van der Waals surface area contributed by atoms with E-state index in [9.17, 15) is 9.59 Å². The molecule has 3 aromatic rings. The van der Waals surface area contributed by atoms with Crippen molar-refractivity contribution in [3.63, 3.8) is 0 Å². The maximum Gasteiger partial charge on any atom is 0.441 e. The second-order valence-corrected chi connectivity index (χ2v) is 8.49. The number of amides is 2. The highest BCUT2D eigenvalue weighted by atomic mass is 17.2. The Morgan fingerprint density at radius 1 is 0.879 bits per heavy atom. The maximum atomic E-state index is 12.6. The van der Waals surface area contributed by atoms with Crippen LogP contribution in [0.2, 0.25) is 0 Å². The zero-order valence-electron chi connectivity index (χ0n) is 18.3. The minimum atomic E-state index is -0.520. The lowest BCUT2D eigenvalue weighted by molar-refractivity contribution is -0.247. The van der Waals surface area contributed by atoms with E-state index in [1.807, 2.05) is 42.5 Å². The third-order valence-electron chi connectivity index (χ3n) is 6.38. The number of likely N-dealkylation sites (tertiary alicyclic amines) is 1. The monoisotopic (exact) mass is 442 g/mol. The van der Waals surface area contributed by atoms with Crippen LogP contribution in [-0.2, 0) is 9.78 Å². The number of nitrogens with zero attached hydrogens (tertiary/aromatic N) is 1. The van der Waals surface area contributed by atoms with Crippen molar-refractivity contribution >= 4 is 12.0 Å². The lowest BCUT2D eigenvalue weighted by Crippen LogP contribution is -2.49. The molecule has 6 heteroatoms. The highest BCUT2D eigenvalue weighted by Gasteiger charge is 2.30. The van der Waals surface area contributed by atoms with Crippen LogP contribution in [-0.4, -0.2) is 42.6 Å². The van der Waals surface area contributed by atoms with Crippen LogP contribution in [0.3, 0.4) is 0 Å². The Morgan fingerprint density at radius 2 is 1.52 bits per heavy atom. The van der Waals surface area contributed by atoms with E-state index in [4.69, 9.17) is 9.78 Å². The fourth-order valence-electron chi connectivity index (χ4n) is 4.76. The number of hydrogen-bond donors (Lipinski definition) is 1. The van der Waals surface area contributed by atoms with Crippen molar-refractivity contribution in [3.8, 4) is 11.1 Å². The van der Waals surface area contributed by atoms with Crippen LogP contribution in [0.5, 0.6) is 0 Å². The zero-order chi connectivity index (χ0) is 22.6. The summed E-state index contributed by atoms with van der Waals surface area (Å²) in [6.07, 6.45) is 1.09. The van der Waals surface area contributed by atoms with Gasteiger partial charge in [-0.15, -0.1) is 0 Å².